The normalized spacial score (nSPS) is 15.2. The van der Waals surface area contributed by atoms with Crippen LogP contribution in [0.3, 0.4) is 0 Å². The van der Waals surface area contributed by atoms with E-state index in [0.29, 0.717) is 6.54 Å². The zero-order valence-electron chi connectivity index (χ0n) is 11.5. The minimum Gasteiger partial charge on any atom is -0.496 e. The first kappa shape index (κ1) is 13.7. The smallest absolute Gasteiger partial charge is 0.317 e. The zero-order valence-corrected chi connectivity index (χ0v) is 11.5. The van der Waals surface area contributed by atoms with Gasteiger partial charge < -0.3 is 20.3 Å². The number of nitrogens with one attached hydrogen (secondary N) is 2. The highest BCUT2D eigenvalue weighted by Crippen LogP contribution is 2.18. The van der Waals surface area contributed by atoms with Gasteiger partial charge in [-0.3, -0.25) is 0 Å². The van der Waals surface area contributed by atoms with Crippen molar-refractivity contribution in [3.05, 3.63) is 29.3 Å². The second-order valence-corrected chi connectivity index (χ2v) is 4.70. The summed E-state index contributed by atoms with van der Waals surface area (Å²) in [5, 5.41) is 6.18. The Morgan fingerprint density at radius 2 is 2.16 bits per heavy atom. The maximum absolute atomic E-state index is 11.9. The van der Waals surface area contributed by atoms with Gasteiger partial charge in [-0.2, -0.15) is 0 Å². The summed E-state index contributed by atoms with van der Waals surface area (Å²) in [6, 6.07) is 5.96. The number of hydrogen-bond acceptors (Lipinski definition) is 3. The van der Waals surface area contributed by atoms with E-state index in [9.17, 15) is 4.79 Å². The van der Waals surface area contributed by atoms with E-state index < -0.39 is 0 Å². The summed E-state index contributed by atoms with van der Waals surface area (Å²) < 4.78 is 5.22. The molecular weight excluding hydrogens is 242 g/mol. The summed E-state index contributed by atoms with van der Waals surface area (Å²) in [5.74, 6) is 0.872. The van der Waals surface area contributed by atoms with Crippen molar-refractivity contribution in [2.75, 3.05) is 33.3 Å². The molecule has 1 saturated heterocycles. The summed E-state index contributed by atoms with van der Waals surface area (Å²) in [6.07, 6.45) is 0. The Hall–Kier alpha value is -1.75. The molecule has 1 aromatic carbocycles. The molecule has 0 aliphatic carbocycles. The van der Waals surface area contributed by atoms with Crippen LogP contribution in [0.2, 0.25) is 0 Å². The van der Waals surface area contributed by atoms with E-state index in [1.54, 1.807) is 7.11 Å². The van der Waals surface area contributed by atoms with Crippen LogP contribution in [0.25, 0.3) is 0 Å². The van der Waals surface area contributed by atoms with Gasteiger partial charge in [0.1, 0.15) is 5.75 Å². The van der Waals surface area contributed by atoms with Crippen LogP contribution in [0, 0.1) is 6.92 Å². The highest BCUT2D eigenvalue weighted by atomic mass is 16.5. The third kappa shape index (κ3) is 3.61. The highest BCUT2D eigenvalue weighted by Gasteiger charge is 2.15. The van der Waals surface area contributed by atoms with E-state index in [0.717, 1.165) is 43.1 Å². The first-order valence-electron chi connectivity index (χ1n) is 6.57. The summed E-state index contributed by atoms with van der Waals surface area (Å²) >= 11 is 0. The molecule has 0 atom stereocenters. The number of methoxy groups -OCH3 is 1. The topological polar surface area (TPSA) is 53.6 Å². The molecule has 1 heterocycles. The van der Waals surface area contributed by atoms with Crippen molar-refractivity contribution >= 4 is 6.03 Å². The number of carbonyl (C=O) groups excluding carboxylic acids is 1. The lowest BCUT2D eigenvalue weighted by atomic mass is 10.1. The Kier molecular flexibility index (Phi) is 4.63. The Morgan fingerprint density at radius 1 is 1.42 bits per heavy atom. The van der Waals surface area contributed by atoms with Gasteiger partial charge in [-0.25, -0.2) is 4.79 Å². The molecule has 0 radical (unpaired) electrons. The van der Waals surface area contributed by atoms with E-state index in [1.165, 1.54) is 0 Å². The Morgan fingerprint density at radius 3 is 2.79 bits per heavy atom. The first-order chi connectivity index (χ1) is 9.20. The molecule has 1 aliphatic heterocycles. The predicted molar refractivity (Wildman–Crippen MR) is 74.4 cm³/mol. The lowest BCUT2D eigenvalue weighted by Crippen LogP contribution is -2.50. The minimum absolute atomic E-state index is 0.00923. The van der Waals surface area contributed by atoms with E-state index in [4.69, 9.17) is 4.74 Å². The van der Waals surface area contributed by atoms with Crippen molar-refractivity contribution in [1.29, 1.82) is 0 Å². The molecule has 1 fully saturated rings. The number of amides is 2. The Bertz CT molecular complexity index is 442. The van der Waals surface area contributed by atoms with Gasteiger partial charge >= 0.3 is 6.03 Å². The fourth-order valence-electron chi connectivity index (χ4n) is 2.21. The maximum atomic E-state index is 11.9. The van der Waals surface area contributed by atoms with E-state index in [2.05, 4.69) is 10.6 Å². The fourth-order valence-corrected chi connectivity index (χ4v) is 2.21. The van der Waals surface area contributed by atoms with Gasteiger partial charge in [0, 0.05) is 32.7 Å². The maximum Gasteiger partial charge on any atom is 0.317 e. The van der Waals surface area contributed by atoms with Gasteiger partial charge in [-0.1, -0.05) is 12.1 Å². The zero-order chi connectivity index (χ0) is 13.7. The quantitative estimate of drug-likeness (QED) is 0.859. The predicted octanol–water partition coefficient (Wildman–Crippen LogP) is 1.12. The highest BCUT2D eigenvalue weighted by molar-refractivity contribution is 5.74. The molecule has 2 N–H and O–H groups in total. The molecule has 5 heteroatoms. The van der Waals surface area contributed by atoms with Crippen molar-refractivity contribution in [3.63, 3.8) is 0 Å². The van der Waals surface area contributed by atoms with Gasteiger partial charge in [-0.15, -0.1) is 0 Å². The number of piperazine rings is 1. The standard InChI is InChI=1S/C14H21N3O2/c1-11-9-12(3-4-13(11)19-2)10-16-14(18)17-7-5-15-6-8-17/h3-4,9,15H,5-8,10H2,1-2H3,(H,16,18). The minimum atomic E-state index is 0.00923. The molecule has 19 heavy (non-hydrogen) atoms. The van der Waals surface area contributed by atoms with E-state index in [-0.39, 0.29) is 6.03 Å². The van der Waals surface area contributed by atoms with Crippen LogP contribution in [0.1, 0.15) is 11.1 Å². The van der Waals surface area contributed by atoms with Gasteiger partial charge in [0.15, 0.2) is 0 Å². The average Bonchev–Trinajstić information content (AvgIpc) is 2.46. The van der Waals surface area contributed by atoms with Crippen LogP contribution in [-0.4, -0.2) is 44.2 Å². The lowest BCUT2D eigenvalue weighted by molar-refractivity contribution is 0.190. The Labute approximate surface area is 113 Å². The van der Waals surface area contributed by atoms with Crippen LogP contribution in [0.4, 0.5) is 4.79 Å². The van der Waals surface area contributed by atoms with Crippen LogP contribution < -0.4 is 15.4 Å². The molecule has 1 aromatic rings. The van der Waals surface area contributed by atoms with Crippen LogP contribution >= 0.6 is 0 Å². The molecular formula is C14H21N3O2. The lowest BCUT2D eigenvalue weighted by Gasteiger charge is -2.27. The number of nitrogens with zero attached hydrogens (tertiary/aromatic N) is 1. The van der Waals surface area contributed by atoms with Gasteiger partial charge in [-0.05, 0) is 24.1 Å². The van der Waals surface area contributed by atoms with Crippen LogP contribution in [0.5, 0.6) is 5.75 Å². The Balaban J connectivity index is 1.87. The molecule has 104 valence electrons. The first-order valence-corrected chi connectivity index (χ1v) is 6.57. The molecule has 0 bridgehead atoms. The summed E-state index contributed by atoms with van der Waals surface area (Å²) in [6.45, 7) is 5.83. The molecule has 0 spiro atoms. The summed E-state index contributed by atoms with van der Waals surface area (Å²) in [7, 11) is 1.66. The average molecular weight is 263 g/mol. The van der Waals surface area contributed by atoms with Crippen LogP contribution in [-0.2, 0) is 6.54 Å². The van der Waals surface area contributed by atoms with Gasteiger partial charge in [0.25, 0.3) is 0 Å². The third-order valence-electron chi connectivity index (χ3n) is 3.31. The number of aryl methyl sites for hydroxylation is 1. The van der Waals surface area contributed by atoms with Crippen LogP contribution in [0.15, 0.2) is 18.2 Å². The number of ether oxygens (including phenoxy) is 1. The van der Waals surface area contributed by atoms with E-state index in [1.807, 2.05) is 30.0 Å². The molecule has 0 saturated carbocycles. The number of benzene rings is 1. The molecule has 2 rings (SSSR count). The van der Waals surface area contributed by atoms with Gasteiger partial charge in [0.05, 0.1) is 7.11 Å². The monoisotopic (exact) mass is 263 g/mol. The van der Waals surface area contributed by atoms with Crippen molar-refractivity contribution in [1.82, 2.24) is 15.5 Å². The van der Waals surface area contributed by atoms with Gasteiger partial charge in [0.2, 0.25) is 0 Å². The fraction of sp³-hybridized carbons (Fsp3) is 0.500. The largest absolute Gasteiger partial charge is 0.496 e. The molecule has 0 aromatic heterocycles. The molecule has 0 unspecified atom stereocenters. The number of rotatable bonds is 3. The summed E-state index contributed by atoms with van der Waals surface area (Å²) in [5.41, 5.74) is 2.17. The second-order valence-electron chi connectivity index (χ2n) is 4.70. The number of carbonyl (C=O) groups is 1. The second kappa shape index (κ2) is 6.43. The summed E-state index contributed by atoms with van der Waals surface area (Å²) in [4.78, 5) is 13.8. The number of urea groups is 1. The van der Waals surface area contributed by atoms with Crippen molar-refractivity contribution in [2.45, 2.75) is 13.5 Å². The molecule has 2 amide bonds. The molecule has 5 nitrogen and oxygen atoms in total. The SMILES string of the molecule is COc1ccc(CNC(=O)N2CCNCC2)cc1C. The van der Waals surface area contributed by atoms with Crippen molar-refractivity contribution < 1.29 is 9.53 Å². The molecule has 1 aliphatic rings. The number of hydrogen-bond donors (Lipinski definition) is 2. The van der Waals surface area contributed by atoms with Crippen molar-refractivity contribution in [3.8, 4) is 5.75 Å². The third-order valence-corrected chi connectivity index (χ3v) is 3.31. The van der Waals surface area contributed by atoms with E-state index >= 15 is 0 Å². The van der Waals surface area contributed by atoms with Crippen molar-refractivity contribution in [2.24, 2.45) is 0 Å².